The van der Waals surface area contributed by atoms with Gasteiger partial charge in [-0.2, -0.15) is 4.98 Å². The minimum atomic E-state index is -0.264. The summed E-state index contributed by atoms with van der Waals surface area (Å²) in [6.45, 7) is 8.60. The van der Waals surface area contributed by atoms with Gasteiger partial charge in [0.1, 0.15) is 11.9 Å². The van der Waals surface area contributed by atoms with Gasteiger partial charge in [-0.1, -0.05) is 5.16 Å². The second-order valence-electron chi connectivity index (χ2n) is 6.90. The first-order valence-electron chi connectivity index (χ1n) is 9.59. The van der Waals surface area contributed by atoms with Crippen LogP contribution < -0.4 is 4.90 Å². The minimum absolute atomic E-state index is 0.163. The van der Waals surface area contributed by atoms with Crippen molar-refractivity contribution >= 4 is 16.6 Å². The Morgan fingerprint density at radius 1 is 1.21 bits per heavy atom. The van der Waals surface area contributed by atoms with Gasteiger partial charge in [-0.25, -0.2) is 4.39 Å². The van der Waals surface area contributed by atoms with Crippen molar-refractivity contribution in [3.8, 4) is 0 Å². The molecule has 28 heavy (non-hydrogen) atoms. The highest BCUT2D eigenvalue weighted by atomic mass is 19.1. The topological polar surface area (TPSA) is 67.5 Å². The maximum Gasteiger partial charge on any atom is 0.240 e. The summed E-state index contributed by atoms with van der Waals surface area (Å²) in [6, 6.07) is 6.76. The Bertz CT molecular complexity index is 939. The molecular weight excluding hydrogens is 361 g/mol. The van der Waals surface area contributed by atoms with Crippen LogP contribution in [-0.2, 0) is 11.3 Å². The van der Waals surface area contributed by atoms with Gasteiger partial charge >= 0.3 is 0 Å². The molecule has 2 aromatic heterocycles. The van der Waals surface area contributed by atoms with E-state index in [2.05, 4.69) is 24.9 Å². The van der Waals surface area contributed by atoms with Gasteiger partial charge < -0.3 is 14.2 Å². The first-order valence-corrected chi connectivity index (χ1v) is 9.59. The fraction of sp³-hybridized carbons (Fsp3) is 0.450. The van der Waals surface area contributed by atoms with Gasteiger partial charge in [0.05, 0.1) is 12.1 Å². The first-order chi connectivity index (χ1) is 13.6. The third kappa shape index (κ3) is 3.98. The second kappa shape index (κ2) is 8.20. The molecule has 0 amide bonds. The zero-order chi connectivity index (χ0) is 19.5. The molecule has 0 saturated carbocycles. The molecule has 1 aliphatic heterocycles. The summed E-state index contributed by atoms with van der Waals surface area (Å²) in [7, 11) is 0. The van der Waals surface area contributed by atoms with Crippen LogP contribution in [0.25, 0.3) is 10.9 Å². The number of rotatable bonds is 6. The monoisotopic (exact) mass is 385 g/mol. The number of fused-ring (bicyclic) bond motifs is 1. The maximum absolute atomic E-state index is 13.5. The van der Waals surface area contributed by atoms with E-state index >= 15 is 0 Å². The molecule has 1 fully saturated rings. The first kappa shape index (κ1) is 18.8. The predicted octanol–water partition coefficient (Wildman–Crippen LogP) is 3.18. The van der Waals surface area contributed by atoms with Crippen LogP contribution in [0.4, 0.5) is 10.1 Å². The number of hydrogen-bond acceptors (Lipinski definition) is 7. The van der Waals surface area contributed by atoms with Gasteiger partial charge in [0.15, 0.2) is 5.82 Å². The highest BCUT2D eigenvalue weighted by Gasteiger charge is 2.22. The Hall–Kier alpha value is -2.58. The van der Waals surface area contributed by atoms with Crippen LogP contribution in [0.3, 0.4) is 0 Å². The molecule has 1 saturated heterocycles. The quantitative estimate of drug-likeness (QED) is 0.645. The van der Waals surface area contributed by atoms with Crippen LogP contribution in [-0.4, -0.2) is 52.8 Å². The molecule has 1 atom stereocenters. The van der Waals surface area contributed by atoms with E-state index < -0.39 is 0 Å². The van der Waals surface area contributed by atoms with Crippen molar-refractivity contribution in [3.05, 3.63) is 48.0 Å². The van der Waals surface area contributed by atoms with Crippen molar-refractivity contribution in [1.29, 1.82) is 0 Å². The van der Waals surface area contributed by atoms with Crippen LogP contribution in [0, 0.1) is 5.82 Å². The third-order valence-electron chi connectivity index (χ3n) is 5.02. The molecule has 0 radical (unpaired) electrons. The summed E-state index contributed by atoms with van der Waals surface area (Å²) in [5.41, 5.74) is 1.78. The van der Waals surface area contributed by atoms with E-state index in [1.165, 1.54) is 12.1 Å². The van der Waals surface area contributed by atoms with Crippen molar-refractivity contribution in [2.24, 2.45) is 0 Å². The van der Waals surface area contributed by atoms with Gasteiger partial charge in [0.25, 0.3) is 0 Å². The summed E-state index contributed by atoms with van der Waals surface area (Å²) < 4.78 is 24.4. The maximum atomic E-state index is 13.5. The van der Waals surface area contributed by atoms with Crippen molar-refractivity contribution in [2.45, 2.75) is 26.5 Å². The second-order valence-corrected chi connectivity index (χ2v) is 6.90. The van der Waals surface area contributed by atoms with Gasteiger partial charge in [0, 0.05) is 56.1 Å². The number of nitrogens with zero attached hydrogens (tertiary/aromatic N) is 5. The van der Waals surface area contributed by atoms with Gasteiger partial charge in [-0.05, 0) is 32.0 Å². The number of halogens is 1. The molecule has 3 heterocycles. The lowest BCUT2D eigenvalue weighted by atomic mass is 10.1. The lowest BCUT2D eigenvalue weighted by Crippen LogP contribution is -2.46. The van der Waals surface area contributed by atoms with Gasteiger partial charge in [0.2, 0.25) is 5.89 Å². The molecule has 0 aliphatic carbocycles. The Balaban J connectivity index is 1.39. The van der Waals surface area contributed by atoms with E-state index in [4.69, 9.17) is 9.26 Å². The number of aromatic nitrogens is 3. The van der Waals surface area contributed by atoms with E-state index in [0.29, 0.717) is 30.4 Å². The number of piperazine rings is 1. The van der Waals surface area contributed by atoms with Crippen LogP contribution in [0.2, 0.25) is 0 Å². The van der Waals surface area contributed by atoms with Crippen LogP contribution in [0.5, 0.6) is 0 Å². The average Bonchev–Trinajstić information content (AvgIpc) is 3.17. The summed E-state index contributed by atoms with van der Waals surface area (Å²) >= 11 is 0. The van der Waals surface area contributed by atoms with Gasteiger partial charge in [-0.15, -0.1) is 0 Å². The standard InChI is InChI=1S/C20H24FN5O2/c1-3-27-14(2)20-23-19(28-24-20)13-25-8-10-26(11-9-25)18-6-7-22-17-12-15(21)4-5-16(17)18/h4-7,12,14H,3,8-11,13H2,1-2H3. The fourth-order valence-electron chi connectivity index (χ4n) is 3.54. The Morgan fingerprint density at radius 3 is 2.82 bits per heavy atom. The molecule has 4 rings (SSSR count). The highest BCUT2D eigenvalue weighted by Crippen LogP contribution is 2.27. The van der Waals surface area contributed by atoms with Crippen molar-refractivity contribution in [1.82, 2.24) is 20.0 Å². The largest absolute Gasteiger partial charge is 0.371 e. The number of benzene rings is 1. The molecule has 0 N–H and O–H groups in total. The predicted molar refractivity (Wildman–Crippen MR) is 104 cm³/mol. The molecule has 0 bridgehead atoms. The smallest absolute Gasteiger partial charge is 0.240 e. The van der Waals surface area contributed by atoms with E-state index in [1.54, 1.807) is 12.3 Å². The molecule has 1 aromatic carbocycles. The number of ether oxygens (including phenoxy) is 1. The van der Waals surface area contributed by atoms with Crippen LogP contribution in [0.1, 0.15) is 31.7 Å². The molecule has 0 spiro atoms. The molecule has 1 aliphatic rings. The Labute approximate surface area is 163 Å². The van der Waals surface area contributed by atoms with Crippen LogP contribution in [0.15, 0.2) is 35.0 Å². The summed E-state index contributed by atoms with van der Waals surface area (Å²) in [5, 5.41) is 4.99. The lowest BCUT2D eigenvalue weighted by Gasteiger charge is -2.35. The third-order valence-corrected chi connectivity index (χ3v) is 5.02. The SMILES string of the molecule is CCOC(C)c1noc(CN2CCN(c3ccnc4cc(F)ccc34)CC2)n1. The summed E-state index contributed by atoms with van der Waals surface area (Å²) in [5.74, 6) is 0.936. The average molecular weight is 385 g/mol. The number of pyridine rings is 1. The number of hydrogen-bond donors (Lipinski definition) is 0. The molecule has 1 unspecified atom stereocenters. The Kier molecular flexibility index (Phi) is 5.50. The molecule has 8 heteroatoms. The summed E-state index contributed by atoms with van der Waals surface area (Å²) in [4.78, 5) is 13.3. The van der Waals surface area contributed by atoms with E-state index in [9.17, 15) is 4.39 Å². The number of anilines is 1. The van der Waals surface area contributed by atoms with Crippen molar-refractivity contribution < 1.29 is 13.7 Å². The molecule has 148 valence electrons. The lowest BCUT2D eigenvalue weighted by molar-refractivity contribution is 0.0683. The van der Waals surface area contributed by atoms with E-state index in [1.807, 2.05) is 19.9 Å². The van der Waals surface area contributed by atoms with Crippen molar-refractivity contribution in [3.63, 3.8) is 0 Å². The highest BCUT2D eigenvalue weighted by molar-refractivity contribution is 5.91. The molecule has 3 aromatic rings. The molecular formula is C20H24FN5O2. The normalized spacial score (nSPS) is 16.6. The zero-order valence-corrected chi connectivity index (χ0v) is 16.1. The van der Waals surface area contributed by atoms with E-state index in [0.717, 1.165) is 37.3 Å². The summed E-state index contributed by atoms with van der Waals surface area (Å²) in [6.07, 6.45) is 1.58. The van der Waals surface area contributed by atoms with Crippen LogP contribution >= 0.6 is 0 Å². The Morgan fingerprint density at radius 2 is 2.04 bits per heavy atom. The molecule has 7 nitrogen and oxygen atoms in total. The van der Waals surface area contributed by atoms with Crippen molar-refractivity contribution in [2.75, 3.05) is 37.7 Å². The minimum Gasteiger partial charge on any atom is -0.371 e. The fourth-order valence-corrected chi connectivity index (χ4v) is 3.54. The van der Waals surface area contributed by atoms with E-state index in [-0.39, 0.29) is 11.9 Å². The zero-order valence-electron chi connectivity index (χ0n) is 16.1. The van der Waals surface area contributed by atoms with Gasteiger partial charge in [-0.3, -0.25) is 9.88 Å².